The number of rotatable bonds is 4. The zero-order chi connectivity index (χ0) is 20.8. The van der Waals surface area contributed by atoms with Gasteiger partial charge in [-0.3, -0.25) is 0 Å². The Kier molecular flexibility index (Phi) is 4.51. The first kappa shape index (κ1) is 19.3. The second-order valence-electron chi connectivity index (χ2n) is 6.36. The minimum absolute atomic E-state index is 0.0856. The summed E-state index contributed by atoms with van der Waals surface area (Å²) in [5.74, 6) is 0. The molecule has 150 valence electrons. The number of furan rings is 1. The van der Waals surface area contributed by atoms with Gasteiger partial charge in [-0.1, -0.05) is 0 Å². The van der Waals surface area contributed by atoms with Crippen molar-refractivity contribution in [3.05, 3.63) is 72.8 Å². The van der Waals surface area contributed by atoms with Crippen LogP contribution in [0.3, 0.4) is 0 Å². The highest BCUT2D eigenvalue weighted by Gasteiger charge is 2.30. The van der Waals surface area contributed by atoms with E-state index in [-0.39, 0.29) is 4.90 Å². The van der Waals surface area contributed by atoms with Crippen molar-refractivity contribution in [1.29, 1.82) is 0 Å². The lowest BCUT2D eigenvalue weighted by atomic mass is 10.1. The van der Waals surface area contributed by atoms with Gasteiger partial charge in [0, 0.05) is 28.4 Å². The van der Waals surface area contributed by atoms with Gasteiger partial charge in [0.15, 0.2) is 0 Å². The SMILES string of the molecule is CNS(=O)(=O)c1ccc2c(c1)c(-c1ccoc1)cn2-c1ccc(C(F)(F)F)cc1. The Morgan fingerprint density at radius 3 is 2.34 bits per heavy atom. The van der Waals surface area contributed by atoms with Gasteiger partial charge in [0.05, 0.1) is 28.5 Å². The lowest BCUT2D eigenvalue weighted by Gasteiger charge is -2.09. The van der Waals surface area contributed by atoms with E-state index in [4.69, 9.17) is 4.42 Å². The normalized spacial score (nSPS) is 12.6. The van der Waals surface area contributed by atoms with E-state index in [0.29, 0.717) is 22.2 Å². The first-order valence-electron chi connectivity index (χ1n) is 8.49. The maximum Gasteiger partial charge on any atom is 0.416 e. The molecule has 0 radical (unpaired) electrons. The summed E-state index contributed by atoms with van der Waals surface area (Å²) >= 11 is 0. The first-order valence-corrected chi connectivity index (χ1v) is 9.98. The molecular weight excluding hydrogens is 405 g/mol. The molecule has 0 fully saturated rings. The van der Waals surface area contributed by atoms with Crippen LogP contribution >= 0.6 is 0 Å². The third-order valence-corrected chi connectivity index (χ3v) is 6.07. The number of benzene rings is 2. The van der Waals surface area contributed by atoms with E-state index < -0.39 is 21.8 Å². The largest absolute Gasteiger partial charge is 0.472 e. The number of nitrogens with zero attached hydrogens (tertiary/aromatic N) is 1. The first-order chi connectivity index (χ1) is 13.7. The van der Waals surface area contributed by atoms with Crippen molar-refractivity contribution in [3.8, 4) is 16.8 Å². The second-order valence-corrected chi connectivity index (χ2v) is 8.24. The molecule has 0 spiro atoms. The summed E-state index contributed by atoms with van der Waals surface area (Å²) in [6, 6.07) is 11.1. The maximum atomic E-state index is 12.9. The summed E-state index contributed by atoms with van der Waals surface area (Å²) in [5, 5.41) is 0.627. The molecule has 0 atom stereocenters. The minimum Gasteiger partial charge on any atom is -0.472 e. The van der Waals surface area contributed by atoms with Crippen LogP contribution in [0, 0.1) is 0 Å². The van der Waals surface area contributed by atoms with Crippen LogP contribution in [-0.4, -0.2) is 20.0 Å². The molecule has 4 rings (SSSR count). The fraction of sp³-hybridized carbons (Fsp3) is 0.100. The molecule has 0 bridgehead atoms. The van der Waals surface area contributed by atoms with Gasteiger partial charge in [-0.2, -0.15) is 13.2 Å². The number of halogens is 3. The highest BCUT2D eigenvalue weighted by molar-refractivity contribution is 7.89. The third-order valence-electron chi connectivity index (χ3n) is 4.66. The van der Waals surface area contributed by atoms with Crippen LogP contribution in [0.5, 0.6) is 0 Å². The molecule has 2 aromatic carbocycles. The van der Waals surface area contributed by atoms with Gasteiger partial charge in [-0.15, -0.1) is 0 Å². The van der Waals surface area contributed by atoms with Crippen LogP contribution in [0.2, 0.25) is 0 Å². The quantitative estimate of drug-likeness (QED) is 0.515. The second kappa shape index (κ2) is 6.78. The molecule has 5 nitrogen and oxygen atoms in total. The summed E-state index contributed by atoms with van der Waals surface area (Å²) < 4.78 is 72.2. The number of sulfonamides is 1. The van der Waals surface area contributed by atoms with Gasteiger partial charge >= 0.3 is 6.18 Å². The Morgan fingerprint density at radius 2 is 1.76 bits per heavy atom. The van der Waals surface area contributed by atoms with Crippen LogP contribution in [0.25, 0.3) is 27.7 Å². The van der Waals surface area contributed by atoms with Gasteiger partial charge in [-0.05, 0) is 55.6 Å². The Bertz CT molecular complexity index is 1270. The molecule has 0 saturated heterocycles. The lowest BCUT2D eigenvalue weighted by Crippen LogP contribution is -2.18. The van der Waals surface area contributed by atoms with Crippen molar-refractivity contribution in [2.75, 3.05) is 7.05 Å². The monoisotopic (exact) mass is 420 g/mol. The molecule has 29 heavy (non-hydrogen) atoms. The van der Waals surface area contributed by atoms with Crippen LogP contribution in [0.1, 0.15) is 5.56 Å². The molecule has 1 N–H and O–H groups in total. The molecule has 9 heteroatoms. The van der Waals surface area contributed by atoms with Crippen LogP contribution in [0.15, 0.2) is 76.6 Å². The summed E-state index contributed by atoms with van der Waals surface area (Å²) in [6.45, 7) is 0. The van der Waals surface area contributed by atoms with Crippen LogP contribution in [0.4, 0.5) is 13.2 Å². The summed E-state index contributed by atoms with van der Waals surface area (Å²) in [6.07, 6.45) is 0.333. The van der Waals surface area contributed by atoms with E-state index in [2.05, 4.69) is 4.72 Å². The average Bonchev–Trinajstić information content (AvgIpc) is 3.34. The Hall–Kier alpha value is -3.04. The molecule has 0 unspecified atom stereocenters. The van der Waals surface area contributed by atoms with E-state index in [9.17, 15) is 21.6 Å². The number of nitrogens with one attached hydrogen (secondary N) is 1. The molecule has 0 aliphatic carbocycles. The molecule has 0 saturated carbocycles. The van der Waals surface area contributed by atoms with Gasteiger partial charge in [0.1, 0.15) is 0 Å². The highest BCUT2D eigenvalue weighted by atomic mass is 32.2. The molecule has 4 aromatic rings. The standard InChI is InChI=1S/C20H15F3N2O3S/c1-24-29(26,27)16-6-7-19-17(10-16)18(13-8-9-28-12-13)11-25(19)15-4-2-14(3-5-15)20(21,22)23/h2-12,24H,1H3. The fourth-order valence-electron chi connectivity index (χ4n) is 3.17. The van der Waals surface area contributed by atoms with E-state index in [1.165, 1.54) is 43.8 Å². The summed E-state index contributed by atoms with van der Waals surface area (Å²) in [7, 11) is -2.34. The number of aromatic nitrogens is 1. The van der Waals surface area contributed by atoms with Crippen LogP contribution in [-0.2, 0) is 16.2 Å². The van der Waals surface area contributed by atoms with Crippen molar-refractivity contribution < 1.29 is 26.0 Å². The zero-order valence-electron chi connectivity index (χ0n) is 15.1. The summed E-state index contributed by atoms with van der Waals surface area (Å²) in [4.78, 5) is 0.0856. The van der Waals surface area contributed by atoms with Gasteiger partial charge < -0.3 is 8.98 Å². The number of fused-ring (bicyclic) bond motifs is 1. The molecule has 0 amide bonds. The van der Waals surface area contributed by atoms with Gasteiger partial charge in [-0.25, -0.2) is 13.1 Å². The predicted molar refractivity (Wildman–Crippen MR) is 102 cm³/mol. The minimum atomic E-state index is -4.42. The Balaban J connectivity index is 1.94. The maximum absolute atomic E-state index is 12.9. The fourth-order valence-corrected chi connectivity index (χ4v) is 3.92. The predicted octanol–water partition coefficient (Wildman–Crippen LogP) is 4.82. The van der Waals surface area contributed by atoms with Crippen molar-refractivity contribution in [2.45, 2.75) is 11.1 Å². The van der Waals surface area contributed by atoms with Crippen molar-refractivity contribution in [3.63, 3.8) is 0 Å². The molecule has 0 aliphatic rings. The molecule has 2 heterocycles. The summed E-state index contributed by atoms with van der Waals surface area (Å²) in [5.41, 5.74) is 1.84. The van der Waals surface area contributed by atoms with E-state index in [0.717, 1.165) is 17.7 Å². The molecular formula is C20H15F3N2O3S. The number of hydrogen-bond acceptors (Lipinski definition) is 3. The van der Waals surface area contributed by atoms with Crippen molar-refractivity contribution in [2.24, 2.45) is 0 Å². The van der Waals surface area contributed by atoms with Crippen molar-refractivity contribution in [1.82, 2.24) is 9.29 Å². The average molecular weight is 420 g/mol. The van der Waals surface area contributed by atoms with Crippen molar-refractivity contribution >= 4 is 20.9 Å². The number of hydrogen-bond donors (Lipinski definition) is 1. The topological polar surface area (TPSA) is 64.2 Å². The third kappa shape index (κ3) is 3.43. The van der Waals surface area contributed by atoms with E-state index >= 15 is 0 Å². The highest BCUT2D eigenvalue weighted by Crippen LogP contribution is 2.35. The van der Waals surface area contributed by atoms with Gasteiger partial charge in [0.2, 0.25) is 10.0 Å². The lowest BCUT2D eigenvalue weighted by molar-refractivity contribution is -0.137. The Morgan fingerprint density at radius 1 is 1.03 bits per heavy atom. The molecule has 2 aromatic heterocycles. The zero-order valence-corrected chi connectivity index (χ0v) is 15.9. The molecule has 0 aliphatic heterocycles. The van der Waals surface area contributed by atoms with Crippen LogP contribution < -0.4 is 4.72 Å². The van der Waals surface area contributed by atoms with Gasteiger partial charge in [0.25, 0.3) is 0 Å². The van der Waals surface area contributed by atoms with E-state index in [1.807, 2.05) is 0 Å². The smallest absolute Gasteiger partial charge is 0.416 e. The Labute approximate surface area is 164 Å². The van der Waals surface area contributed by atoms with E-state index in [1.54, 1.807) is 22.9 Å². The number of alkyl halides is 3.